The first kappa shape index (κ1) is 13.9. The van der Waals surface area contributed by atoms with Crippen LogP contribution >= 0.6 is 0 Å². The van der Waals surface area contributed by atoms with E-state index in [1.165, 1.54) is 19.3 Å². The van der Waals surface area contributed by atoms with E-state index in [4.69, 9.17) is 5.73 Å². The van der Waals surface area contributed by atoms with E-state index in [1.54, 1.807) is 0 Å². The Bertz CT molecular complexity index is 214. The smallest absolute Gasteiger partial charge is 0.0601 e. The number of aliphatic hydroxyl groups excluding tert-OH is 1. The van der Waals surface area contributed by atoms with Gasteiger partial charge in [-0.3, -0.25) is 4.90 Å². The van der Waals surface area contributed by atoms with Crippen LogP contribution in [0.1, 0.15) is 26.2 Å². The molecule has 96 valence electrons. The molecule has 0 radical (unpaired) electrons. The average Bonchev–Trinajstić information content (AvgIpc) is 2.11. The summed E-state index contributed by atoms with van der Waals surface area (Å²) in [5, 5.41) is 9.36. The predicted molar refractivity (Wildman–Crippen MR) is 67.4 cm³/mol. The minimum absolute atomic E-state index is 0.00860. The summed E-state index contributed by atoms with van der Waals surface area (Å²) in [4.78, 5) is 4.53. The molecule has 2 atom stereocenters. The number of aliphatic hydroxyl groups is 1. The number of hydrogen-bond donors (Lipinski definition) is 2. The topological polar surface area (TPSA) is 52.7 Å². The van der Waals surface area contributed by atoms with Gasteiger partial charge in [0.1, 0.15) is 0 Å². The van der Waals surface area contributed by atoms with E-state index in [0.29, 0.717) is 5.54 Å². The molecule has 1 saturated carbocycles. The predicted octanol–water partition coefficient (Wildman–Crippen LogP) is 0.111. The molecular weight excluding hydrogens is 202 g/mol. The normalized spacial score (nSPS) is 23.2. The number of nitrogens with two attached hydrogens (primary N) is 1. The Hall–Kier alpha value is -0.160. The lowest BCUT2D eigenvalue weighted by atomic mass is 9.75. The summed E-state index contributed by atoms with van der Waals surface area (Å²) in [6, 6.07) is 0.0757. The first-order valence-corrected chi connectivity index (χ1v) is 6.17. The Kier molecular flexibility index (Phi) is 4.73. The van der Waals surface area contributed by atoms with Crippen molar-refractivity contribution in [3.8, 4) is 0 Å². The van der Waals surface area contributed by atoms with Crippen molar-refractivity contribution in [1.82, 2.24) is 9.80 Å². The third-order valence-electron chi connectivity index (χ3n) is 4.14. The molecule has 0 aromatic heterocycles. The van der Waals surface area contributed by atoms with Crippen LogP contribution in [0.25, 0.3) is 0 Å². The van der Waals surface area contributed by atoms with Gasteiger partial charge in [-0.05, 0) is 47.3 Å². The Labute approximate surface area is 99.4 Å². The molecule has 3 N–H and O–H groups in total. The van der Waals surface area contributed by atoms with Crippen molar-refractivity contribution >= 4 is 0 Å². The summed E-state index contributed by atoms with van der Waals surface area (Å²) in [5.41, 5.74) is 6.19. The lowest BCUT2D eigenvalue weighted by Gasteiger charge is -2.50. The van der Waals surface area contributed by atoms with E-state index in [9.17, 15) is 5.11 Å². The van der Waals surface area contributed by atoms with Gasteiger partial charge in [0.25, 0.3) is 0 Å². The third-order valence-corrected chi connectivity index (χ3v) is 4.14. The number of nitrogens with zero attached hydrogens (tertiary/aromatic N) is 2. The van der Waals surface area contributed by atoms with Crippen molar-refractivity contribution in [2.24, 2.45) is 5.73 Å². The number of rotatable bonds is 6. The van der Waals surface area contributed by atoms with Crippen LogP contribution in [0, 0.1) is 0 Å². The molecule has 1 rings (SSSR count). The molecule has 0 aromatic rings. The van der Waals surface area contributed by atoms with Gasteiger partial charge in [-0.2, -0.15) is 0 Å². The van der Waals surface area contributed by atoms with Gasteiger partial charge in [-0.1, -0.05) is 0 Å². The van der Waals surface area contributed by atoms with Gasteiger partial charge >= 0.3 is 0 Å². The van der Waals surface area contributed by atoms with Crippen molar-refractivity contribution in [1.29, 1.82) is 0 Å². The molecule has 0 amide bonds. The van der Waals surface area contributed by atoms with E-state index in [2.05, 4.69) is 30.9 Å². The van der Waals surface area contributed by atoms with E-state index in [1.807, 2.05) is 6.92 Å². The lowest BCUT2D eigenvalue weighted by molar-refractivity contribution is 0.00429. The minimum atomic E-state index is 0.00860. The van der Waals surface area contributed by atoms with Crippen LogP contribution in [0.5, 0.6) is 0 Å². The molecule has 1 aliphatic rings. The van der Waals surface area contributed by atoms with Crippen LogP contribution in [0.2, 0.25) is 0 Å². The average molecular weight is 229 g/mol. The summed E-state index contributed by atoms with van der Waals surface area (Å²) in [7, 11) is 6.35. The second kappa shape index (κ2) is 5.45. The van der Waals surface area contributed by atoms with Crippen molar-refractivity contribution in [2.75, 3.05) is 34.3 Å². The Morgan fingerprint density at radius 3 is 2.12 bits per heavy atom. The summed E-state index contributed by atoms with van der Waals surface area (Å²) in [6.07, 6.45) is 3.82. The van der Waals surface area contributed by atoms with Gasteiger partial charge < -0.3 is 15.7 Å². The highest BCUT2D eigenvalue weighted by molar-refractivity contribution is 4.99. The molecule has 2 unspecified atom stereocenters. The van der Waals surface area contributed by atoms with Crippen LogP contribution in [0.15, 0.2) is 0 Å². The highest BCUT2D eigenvalue weighted by atomic mass is 16.3. The SMILES string of the molecule is CC(N)C(CO)N(C)CC1(N(C)C)CCC1. The van der Waals surface area contributed by atoms with Gasteiger partial charge in [-0.25, -0.2) is 0 Å². The summed E-state index contributed by atoms with van der Waals surface area (Å²) >= 11 is 0. The highest BCUT2D eigenvalue weighted by Gasteiger charge is 2.40. The van der Waals surface area contributed by atoms with Crippen LogP contribution in [0.4, 0.5) is 0 Å². The molecule has 0 bridgehead atoms. The van der Waals surface area contributed by atoms with Crippen LogP contribution in [0.3, 0.4) is 0 Å². The largest absolute Gasteiger partial charge is 0.395 e. The Balaban J connectivity index is 2.58. The molecular formula is C12H27N3O. The highest BCUT2D eigenvalue weighted by Crippen LogP contribution is 2.36. The van der Waals surface area contributed by atoms with Gasteiger partial charge in [0.2, 0.25) is 0 Å². The zero-order valence-electron chi connectivity index (χ0n) is 11.1. The molecule has 0 aliphatic heterocycles. The molecule has 16 heavy (non-hydrogen) atoms. The van der Waals surface area contributed by atoms with Crippen molar-refractivity contribution in [3.05, 3.63) is 0 Å². The summed E-state index contributed by atoms with van der Waals surface area (Å²) < 4.78 is 0. The molecule has 1 fully saturated rings. The second-order valence-corrected chi connectivity index (χ2v) is 5.50. The molecule has 1 aliphatic carbocycles. The fourth-order valence-electron chi connectivity index (χ4n) is 2.62. The third kappa shape index (κ3) is 2.74. The molecule has 0 heterocycles. The Morgan fingerprint density at radius 1 is 1.31 bits per heavy atom. The zero-order chi connectivity index (χ0) is 12.3. The lowest BCUT2D eigenvalue weighted by Crippen LogP contribution is -2.60. The summed E-state index contributed by atoms with van der Waals surface area (Å²) in [5.74, 6) is 0. The molecule has 4 nitrogen and oxygen atoms in total. The van der Waals surface area contributed by atoms with Crippen LogP contribution in [-0.2, 0) is 0 Å². The molecule has 0 spiro atoms. The molecule has 0 aromatic carbocycles. The van der Waals surface area contributed by atoms with Crippen molar-refractivity contribution in [3.63, 3.8) is 0 Å². The standard InChI is InChI=1S/C12H27N3O/c1-10(13)11(8-16)15(4)9-12(14(2)3)6-5-7-12/h10-11,16H,5-9,13H2,1-4H3. The number of hydrogen-bond acceptors (Lipinski definition) is 4. The first-order chi connectivity index (χ1) is 7.43. The monoisotopic (exact) mass is 229 g/mol. The van der Waals surface area contributed by atoms with Crippen molar-refractivity contribution in [2.45, 2.75) is 43.8 Å². The first-order valence-electron chi connectivity index (χ1n) is 6.17. The van der Waals surface area contributed by atoms with Crippen molar-refractivity contribution < 1.29 is 5.11 Å². The number of likely N-dealkylation sites (N-methyl/N-ethyl adjacent to an activating group) is 2. The summed E-state index contributed by atoms with van der Waals surface area (Å²) in [6.45, 7) is 3.09. The maximum absolute atomic E-state index is 9.36. The molecule has 0 saturated heterocycles. The maximum Gasteiger partial charge on any atom is 0.0601 e. The van der Waals surface area contributed by atoms with Gasteiger partial charge in [-0.15, -0.1) is 0 Å². The van der Waals surface area contributed by atoms with Gasteiger partial charge in [0.05, 0.1) is 6.61 Å². The van der Waals surface area contributed by atoms with Crippen LogP contribution in [-0.4, -0.2) is 66.8 Å². The van der Waals surface area contributed by atoms with E-state index >= 15 is 0 Å². The van der Waals surface area contributed by atoms with Gasteiger partial charge in [0.15, 0.2) is 0 Å². The van der Waals surface area contributed by atoms with E-state index < -0.39 is 0 Å². The fourth-order valence-corrected chi connectivity index (χ4v) is 2.62. The van der Waals surface area contributed by atoms with E-state index in [0.717, 1.165) is 6.54 Å². The second-order valence-electron chi connectivity index (χ2n) is 5.50. The zero-order valence-corrected chi connectivity index (χ0v) is 11.1. The van der Waals surface area contributed by atoms with Gasteiger partial charge in [0, 0.05) is 24.2 Å². The molecule has 4 heteroatoms. The quantitative estimate of drug-likeness (QED) is 0.679. The Morgan fingerprint density at radius 2 is 1.88 bits per heavy atom. The fraction of sp³-hybridized carbons (Fsp3) is 1.00. The minimum Gasteiger partial charge on any atom is -0.395 e. The maximum atomic E-state index is 9.36. The van der Waals surface area contributed by atoms with E-state index in [-0.39, 0.29) is 18.7 Å². The van der Waals surface area contributed by atoms with Crippen LogP contribution < -0.4 is 5.73 Å².